The van der Waals surface area contributed by atoms with Gasteiger partial charge in [-0.3, -0.25) is 0 Å². The van der Waals surface area contributed by atoms with Gasteiger partial charge in [-0.05, 0) is 92.8 Å². The van der Waals surface area contributed by atoms with Gasteiger partial charge in [-0.25, -0.2) is 0 Å². The number of para-hydroxylation sites is 5. The molecular weight excluding hydrogens is 540 g/mol. The third kappa shape index (κ3) is 4.21. The first kappa shape index (κ1) is 23.5. The second kappa shape index (κ2) is 9.94. The Labute approximate surface area is 237 Å². The lowest BCUT2D eigenvalue weighted by Crippen LogP contribution is -2.24. The molecule has 2 nitrogen and oxygen atoms in total. The molecule has 0 saturated heterocycles. The summed E-state index contributed by atoms with van der Waals surface area (Å²) in [6.07, 6.45) is 0. The molecule has 0 N–H and O–H groups in total. The summed E-state index contributed by atoms with van der Waals surface area (Å²) in [6, 6.07) is 53.9. The van der Waals surface area contributed by atoms with E-state index in [-0.39, 0.29) is 0 Å². The molecule has 0 fully saturated rings. The summed E-state index contributed by atoms with van der Waals surface area (Å²) >= 11 is 3.81. The van der Waals surface area contributed by atoms with Crippen molar-refractivity contribution in [1.82, 2.24) is 0 Å². The summed E-state index contributed by atoms with van der Waals surface area (Å²) in [5.41, 5.74) is 11.6. The van der Waals surface area contributed by atoms with Crippen LogP contribution in [0.5, 0.6) is 0 Å². The van der Waals surface area contributed by atoms with Crippen molar-refractivity contribution in [3.63, 3.8) is 0 Å². The minimum absolute atomic E-state index is 1.06. The Kier molecular flexibility index (Phi) is 5.99. The highest BCUT2D eigenvalue weighted by Gasteiger charge is 2.31. The lowest BCUT2D eigenvalue weighted by atomic mass is 9.96. The van der Waals surface area contributed by atoms with Crippen LogP contribution in [-0.2, 0) is 0 Å². The summed E-state index contributed by atoms with van der Waals surface area (Å²) in [4.78, 5) is 4.75. The molecule has 0 unspecified atom stereocenters. The Morgan fingerprint density at radius 2 is 0.718 bits per heavy atom. The fraction of sp³-hybridized carbons (Fsp3) is 0. The van der Waals surface area contributed by atoms with Gasteiger partial charge in [0.05, 0.1) is 28.4 Å². The third-order valence-corrected chi connectivity index (χ3v) is 7.88. The van der Waals surface area contributed by atoms with Gasteiger partial charge >= 0.3 is 0 Å². The van der Waals surface area contributed by atoms with Crippen molar-refractivity contribution in [3.05, 3.63) is 156 Å². The van der Waals surface area contributed by atoms with Crippen molar-refractivity contribution in [2.45, 2.75) is 0 Å². The van der Waals surface area contributed by atoms with Crippen LogP contribution in [0.2, 0.25) is 0 Å². The van der Waals surface area contributed by atoms with E-state index in [1.807, 2.05) is 0 Å². The van der Waals surface area contributed by atoms with Crippen LogP contribution in [0.4, 0.5) is 34.1 Å². The molecule has 7 rings (SSSR count). The molecule has 186 valence electrons. The summed E-state index contributed by atoms with van der Waals surface area (Å²) in [6.45, 7) is 0. The van der Waals surface area contributed by atoms with Crippen molar-refractivity contribution in [2.75, 3.05) is 9.80 Å². The summed E-state index contributed by atoms with van der Waals surface area (Å²) in [7, 11) is 0. The molecule has 0 aromatic heterocycles. The molecule has 0 spiro atoms. The van der Waals surface area contributed by atoms with Crippen molar-refractivity contribution in [3.8, 4) is 22.3 Å². The Morgan fingerprint density at radius 1 is 0.333 bits per heavy atom. The van der Waals surface area contributed by atoms with Crippen molar-refractivity contribution >= 4 is 50.1 Å². The van der Waals surface area contributed by atoms with Crippen LogP contribution in [0.3, 0.4) is 0 Å². The molecule has 6 aromatic rings. The molecule has 0 saturated carbocycles. The number of halogens is 1. The van der Waals surface area contributed by atoms with Gasteiger partial charge in [-0.1, -0.05) is 97.1 Å². The van der Waals surface area contributed by atoms with E-state index >= 15 is 0 Å². The smallest absolute Gasteiger partial charge is 0.0703 e. The topological polar surface area (TPSA) is 6.48 Å². The zero-order valence-corrected chi connectivity index (χ0v) is 22.8. The van der Waals surface area contributed by atoms with Crippen LogP contribution < -0.4 is 9.80 Å². The maximum atomic E-state index is 3.81. The number of nitrogens with zero attached hydrogens (tertiary/aromatic N) is 2. The number of rotatable bonds is 4. The standard InChI is InChI=1S/C36H25BrN2/c37-31-17-7-8-18-32(31)39-35-21-11-9-19-33(35)38(34-20-10-12-22-36(34)39)30-24-28(26-13-3-1-4-14-26)23-29(25-30)27-15-5-2-6-16-27/h1-25H. The van der Waals surface area contributed by atoms with E-state index in [0.717, 1.165) is 38.6 Å². The van der Waals surface area contributed by atoms with Crippen LogP contribution >= 0.6 is 15.9 Å². The second-order valence-electron chi connectivity index (χ2n) is 9.60. The predicted octanol–water partition coefficient (Wildman–Crippen LogP) is 11.0. The van der Waals surface area contributed by atoms with E-state index < -0.39 is 0 Å². The van der Waals surface area contributed by atoms with Gasteiger partial charge < -0.3 is 9.80 Å². The van der Waals surface area contributed by atoms with E-state index in [9.17, 15) is 0 Å². The molecular formula is C36H25BrN2. The Balaban J connectivity index is 1.49. The first-order valence-electron chi connectivity index (χ1n) is 13.1. The number of hydrogen-bond donors (Lipinski definition) is 0. The highest BCUT2D eigenvalue weighted by molar-refractivity contribution is 9.10. The maximum absolute atomic E-state index is 3.81. The highest BCUT2D eigenvalue weighted by Crippen LogP contribution is 2.55. The van der Waals surface area contributed by atoms with Gasteiger partial charge in [0.25, 0.3) is 0 Å². The average molecular weight is 566 g/mol. The maximum Gasteiger partial charge on any atom is 0.0703 e. The second-order valence-corrected chi connectivity index (χ2v) is 10.5. The average Bonchev–Trinajstić information content (AvgIpc) is 3.01. The quantitative estimate of drug-likeness (QED) is 0.209. The van der Waals surface area contributed by atoms with Crippen LogP contribution in [0.25, 0.3) is 22.3 Å². The molecule has 0 atom stereocenters. The molecule has 0 bridgehead atoms. The van der Waals surface area contributed by atoms with Crippen molar-refractivity contribution in [2.24, 2.45) is 0 Å². The molecule has 0 amide bonds. The first-order chi connectivity index (χ1) is 19.3. The Bertz CT molecular complexity index is 1670. The van der Waals surface area contributed by atoms with Gasteiger partial charge in [-0.2, -0.15) is 0 Å². The van der Waals surface area contributed by atoms with Crippen molar-refractivity contribution in [1.29, 1.82) is 0 Å². The number of fused-ring (bicyclic) bond motifs is 2. The van der Waals surface area contributed by atoms with E-state index in [1.54, 1.807) is 0 Å². The number of hydrogen-bond acceptors (Lipinski definition) is 2. The SMILES string of the molecule is Brc1ccccc1N1c2ccccc2N(c2cc(-c3ccccc3)cc(-c3ccccc3)c2)c2ccccc21. The normalized spacial score (nSPS) is 12.1. The van der Waals surface area contributed by atoms with E-state index in [1.165, 1.54) is 22.3 Å². The molecule has 3 heteroatoms. The van der Waals surface area contributed by atoms with Gasteiger partial charge in [0.1, 0.15) is 0 Å². The Morgan fingerprint density at radius 3 is 1.18 bits per heavy atom. The molecule has 1 aliphatic heterocycles. The molecule has 1 aliphatic rings. The monoisotopic (exact) mass is 564 g/mol. The zero-order chi connectivity index (χ0) is 26.2. The number of benzene rings is 6. The minimum atomic E-state index is 1.06. The summed E-state index contributed by atoms with van der Waals surface area (Å²) < 4.78 is 1.06. The zero-order valence-electron chi connectivity index (χ0n) is 21.2. The van der Waals surface area contributed by atoms with Gasteiger partial charge in [-0.15, -0.1) is 0 Å². The highest BCUT2D eigenvalue weighted by atomic mass is 79.9. The van der Waals surface area contributed by atoms with Gasteiger partial charge in [0.2, 0.25) is 0 Å². The lowest BCUT2D eigenvalue weighted by Gasteiger charge is -2.40. The van der Waals surface area contributed by atoms with Gasteiger partial charge in [0, 0.05) is 10.2 Å². The Hall–Kier alpha value is -4.60. The van der Waals surface area contributed by atoms with Crippen LogP contribution in [0.1, 0.15) is 0 Å². The first-order valence-corrected chi connectivity index (χ1v) is 13.9. The number of anilines is 6. The molecule has 0 radical (unpaired) electrons. The largest absolute Gasteiger partial charge is 0.306 e. The van der Waals surface area contributed by atoms with Crippen molar-refractivity contribution < 1.29 is 0 Å². The van der Waals surface area contributed by atoms with Gasteiger partial charge in [0.15, 0.2) is 0 Å². The van der Waals surface area contributed by atoms with E-state index in [0.29, 0.717) is 0 Å². The fourth-order valence-electron chi connectivity index (χ4n) is 5.45. The van der Waals surface area contributed by atoms with Crippen LogP contribution in [-0.4, -0.2) is 0 Å². The lowest BCUT2D eigenvalue weighted by molar-refractivity contribution is 1.17. The fourth-order valence-corrected chi connectivity index (χ4v) is 5.91. The van der Waals surface area contributed by atoms with E-state index in [2.05, 4.69) is 177 Å². The molecule has 1 heterocycles. The summed E-state index contributed by atoms with van der Waals surface area (Å²) in [5.74, 6) is 0. The molecule has 6 aromatic carbocycles. The molecule has 0 aliphatic carbocycles. The predicted molar refractivity (Wildman–Crippen MR) is 168 cm³/mol. The minimum Gasteiger partial charge on any atom is -0.306 e. The third-order valence-electron chi connectivity index (χ3n) is 7.21. The van der Waals surface area contributed by atoms with Crippen LogP contribution in [0, 0.1) is 0 Å². The molecule has 39 heavy (non-hydrogen) atoms. The summed E-state index contributed by atoms with van der Waals surface area (Å²) in [5, 5.41) is 0. The van der Waals surface area contributed by atoms with E-state index in [4.69, 9.17) is 0 Å². The van der Waals surface area contributed by atoms with Crippen LogP contribution in [0.15, 0.2) is 156 Å².